The van der Waals surface area contributed by atoms with E-state index in [0.717, 1.165) is 12.0 Å². The molecule has 7 heteroatoms. The molecule has 0 spiro atoms. The Morgan fingerprint density at radius 3 is 2.21 bits per heavy atom. The molecule has 0 radical (unpaired) electrons. The Balaban J connectivity index is 2.73. The van der Waals surface area contributed by atoms with Crippen LogP contribution in [0.15, 0.2) is 12.1 Å². The van der Waals surface area contributed by atoms with Gasteiger partial charge < -0.3 is 25.4 Å². The summed E-state index contributed by atoms with van der Waals surface area (Å²) in [6, 6.07) is 2.42. The normalized spacial score (nSPS) is 12.8. The molecule has 2 atom stereocenters. The molecule has 0 unspecified atom stereocenters. The molecule has 24 heavy (non-hydrogen) atoms. The summed E-state index contributed by atoms with van der Waals surface area (Å²) in [7, 11) is 3.08. The Labute approximate surface area is 143 Å². The summed E-state index contributed by atoms with van der Waals surface area (Å²) in [5.74, 6) is 0.881. The van der Waals surface area contributed by atoms with Crippen LogP contribution in [-0.4, -0.2) is 38.2 Å². The second kappa shape index (κ2) is 9.00. The van der Waals surface area contributed by atoms with Crippen molar-refractivity contribution in [1.82, 2.24) is 10.6 Å². The van der Waals surface area contributed by atoms with Crippen LogP contribution >= 0.6 is 0 Å². The maximum Gasteiger partial charge on any atom is 0.319 e. The largest absolute Gasteiger partial charge is 0.493 e. The molecule has 1 rings (SSSR count). The fraction of sp³-hybridized carbons (Fsp3) is 0.529. The van der Waals surface area contributed by atoms with E-state index in [9.17, 15) is 9.59 Å². The lowest BCUT2D eigenvalue weighted by Crippen LogP contribution is -2.48. The van der Waals surface area contributed by atoms with Crippen LogP contribution in [0, 0.1) is 6.92 Å². The van der Waals surface area contributed by atoms with Crippen LogP contribution in [0.4, 0.5) is 10.5 Å². The van der Waals surface area contributed by atoms with Gasteiger partial charge in [0.25, 0.3) is 0 Å². The first-order valence-corrected chi connectivity index (χ1v) is 7.92. The van der Waals surface area contributed by atoms with Gasteiger partial charge in [0.1, 0.15) is 6.04 Å². The van der Waals surface area contributed by atoms with Gasteiger partial charge in [0, 0.05) is 17.8 Å². The van der Waals surface area contributed by atoms with Crippen LogP contribution in [0.25, 0.3) is 0 Å². The van der Waals surface area contributed by atoms with E-state index in [4.69, 9.17) is 9.47 Å². The van der Waals surface area contributed by atoms with E-state index in [2.05, 4.69) is 16.0 Å². The zero-order chi connectivity index (χ0) is 18.3. The van der Waals surface area contributed by atoms with Crippen molar-refractivity contribution in [3.8, 4) is 11.5 Å². The number of urea groups is 1. The van der Waals surface area contributed by atoms with E-state index in [1.165, 1.54) is 7.11 Å². The van der Waals surface area contributed by atoms with Gasteiger partial charge in [-0.1, -0.05) is 6.92 Å². The molecule has 0 saturated carbocycles. The molecular formula is C17H27N3O4. The van der Waals surface area contributed by atoms with Gasteiger partial charge in [-0.2, -0.15) is 0 Å². The smallest absolute Gasteiger partial charge is 0.319 e. The van der Waals surface area contributed by atoms with Crippen LogP contribution in [0.2, 0.25) is 0 Å². The van der Waals surface area contributed by atoms with Gasteiger partial charge in [0.15, 0.2) is 11.5 Å². The lowest BCUT2D eigenvalue weighted by atomic mass is 10.1. The maximum atomic E-state index is 12.1. The third-order valence-electron chi connectivity index (χ3n) is 3.72. The van der Waals surface area contributed by atoms with Gasteiger partial charge in [0.05, 0.1) is 14.2 Å². The Morgan fingerprint density at radius 1 is 1.08 bits per heavy atom. The van der Waals surface area contributed by atoms with Crippen LogP contribution in [0.3, 0.4) is 0 Å². The van der Waals surface area contributed by atoms with Crippen molar-refractivity contribution >= 4 is 17.6 Å². The predicted octanol–water partition coefficient (Wildman–Crippen LogP) is 2.44. The van der Waals surface area contributed by atoms with Crippen LogP contribution in [0.1, 0.15) is 32.8 Å². The van der Waals surface area contributed by atoms with E-state index in [1.807, 2.05) is 20.8 Å². The first kappa shape index (κ1) is 19.6. The molecule has 0 bridgehead atoms. The average Bonchev–Trinajstić information content (AvgIpc) is 2.55. The highest BCUT2D eigenvalue weighted by Gasteiger charge is 2.18. The van der Waals surface area contributed by atoms with Crippen molar-refractivity contribution < 1.29 is 19.1 Å². The molecule has 0 saturated heterocycles. The molecule has 0 aliphatic carbocycles. The summed E-state index contributed by atoms with van der Waals surface area (Å²) < 4.78 is 10.4. The molecular weight excluding hydrogens is 310 g/mol. The number of anilines is 1. The van der Waals surface area contributed by atoms with Crippen molar-refractivity contribution in [2.75, 3.05) is 19.5 Å². The number of carbonyl (C=O) groups excluding carboxylic acids is 2. The van der Waals surface area contributed by atoms with Gasteiger partial charge in [0.2, 0.25) is 5.91 Å². The fourth-order valence-electron chi connectivity index (χ4n) is 2.01. The minimum atomic E-state index is -0.639. The molecule has 0 heterocycles. The number of amides is 3. The summed E-state index contributed by atoms with van der Waals surface area (Å²) >= 11 is 0. The SMILES string of the molecule is CC[C@@H](C)NC(=O)[C@H](C)NC(=O)Nc1cc(OC)c(OC)cc1C. The Morgan fingerprint density at radius 2 is 1.67 bits per heavy atom. The minimum Gasteiger partial charge on any atom is -0.493 e. The molecule has 1 aromatic carbocycles. The number of carbonyl (C=O) groups is 2. The zero-order valence-corrected chi connectivity index (χ0v) is 15.1. The monoisotopic (exact) mass is 337 g/mol. The number of nitrogens with one attached hydrogen (secondary N) is 3. The van der Waals surface area contributed by atoms with E-state index in [1.54, 1.807) is 26.2 Å². The Hall–Kier alpha value is -2.44. The summed E-state index contributed by atoms with van der Waals surface area (Å²) in [5, 5.41) is 8.17. The van der Waals surface area contributed by atoms with Crippen molar-refractivity contribution in [1.29, 1.82) is 0 Å². The Bertz CT molecular complexity index is 589. The average molecular weight is 337 g/mol. The number of hydrogen-bond donors (Lipinski definition) is 3. The van der Waals surface area contributed by atoms with Crippen molar-refractivity contribution in [2.45, 2.75) is 46.2 Å². The first-order valence-electron chi connectivity index (χ1n) is 7.92. The highest BCUT2D eigenvalue weighted by Crippen LogP contribution is 2.32. The highest BCUT2D eigenvalue weighted by molar-refractivity contribution is 5.94. The number of rotatable bonds is 7. The lowest BCUT2D eigenvalue weighted by Gasteiger charge is -2.18. The molecule has 3 amide bonds. The van der Waals surface area contributed by atoms with Gasteiger partial charge in [-0.05, 0) is 38.8 Å². The van der Waals surface area contributed by atoms with Crippen LogP contribution < -0.4 is 25.4 Å². The molecule has 0 aliphatic heterocycles. The van der Waals surface area contributed by atoms with Crippen LogP contribution in [-0.2, 0) is 4.79 Å². The van der Waals surface area contributed by atoms with Crippen molar-refractivity contribution in [3.63, 3.8) is 0 Å². The third kappa shape index (κ3) is 5.33. The second-order valence-electron chi connectivity index (χ2n) is 5.66. The minimum absolute atomic E-state index is 0.0675. The fourth-order valence-corrected chi connectivity index (χ4v) is 2.01. The summed E-state index contributed by atoms with van der Waals surface area (Å²) in [4.78, 5) is 24.1. The van der Waals surface area contributed by atoms with E-state index in [-0.39, 0.29) is 11.9 Å². The van der Waals surface area contributed by atoms with Gasteiger partial charge >= 0.3 is 6.03 Å². The molecule has 0 aromatic heterocycles. The second-order valence-corrected chi connectivity index (χ2v) is 5.66. The van der Waals surface area contributed by atoms with E-state index < -0.39 is 12.1 Å². The van der Waals surface area contributed by atoms with Gasteiger partial charge in [-0.25, -0.2) is 4.79 Å². The zero-order valence-electron chi connectivity index (χ0n) is 15.1. The summed E-state index contributed by atoms with van der Waals surface area (Å²) in [6.07, 6.45) is 0.829. The number of benzene rings is 1. The first-order chi connectivity index (χ1) is 11.3. The van der Waals surface area contributed by atoms with Crippen LogP contribution in [0.5, 0.6) is 11.5 Å². The molecule has 3 N–H and O–H groups in total. The topological polar surface area (TPSA) is 88.7 Å². The predicted molar refractivity (Wildman–Crippen MR) is 93.8 cm³/mol. The van der Waals surface area contributed by atoms with Gasteiger partial charge in [-0.15, -0.1) is 0 Å². The van der Waals surface area contributed by atoms with Crippen molar-refractivity contribution in [3.05, 3.63) is 17.7 Å². The van der Waals surface area contributed by atoms with Crippen molar-refractivity contribution in [2.24, 2.45) is 0 Å². The summed E-state index contributed by atoms with van der Waals surface area (Å²) in [6.45, 7) is 7.38. The molecule has 0 fully saturated rings. The number of aryl methyl sites for hydroxylation is 1. The summed E-state index contributed by atoms with van der Waals surface area (Å²) in [5.41, 5.74) is 1.40. The van der Waals surface area contributed by atoms with Gasteiger partial charge in [-0.3, -0.25) is 4.79 Å². The molecule has 0 aliphatic rings. The molecule has 1 aromatic rings. The highest BCUT2D eigenvalue weighted by atomic mass is 16.5. The van der Waals surface area contributed by atoms with E-state index in [0.29, 0.717) is 17.2 Å². The lowest BCUT2D eigenvalue weighted by molar-refractivity contribution is -0.123. The standard InChI is InChI=1S/C17H27N3O4/c1-7-11(3)18-16(21)12(4)19-17(22)20-13-9-15(24-6)14(23-5)8-10(13)2/h8-9,11-12H,7H2,1-6H3,(H,18,21)(H2,19,20,22)/t11-,12+/m1/s1. The Kier molecular flexibility index (Phi) is 7.35. The third-order valence-corrected chi connectivity index (χ3v) is 3.72. The quantitative estimate of drug-likeness (QED) is 0.713. The number of methoxy groups -OCH3 is 2. The van der Waals surface area contributed by atoms with E-state index >= 15 is 0 Å². The number of hydrogen-bond acceptors (Lipinski definition) is 4. The molecule has 134 valence electrons. The number of ether oxygens (including phenoxy) is 2. The maximum absolute atomic E-state index is 12.1. The molecule has 7 nitrogen and oxygen atoms in total.